The van der Waals surface area contributed by atoms with E-state index in [-0.39, 0.29) is 6.10 Å². The van der Waals surface area contributed by atoms with Crippen LogP contribution in [0, 0.1) is 0 Å². The molecule has 1 heterocycles. The molecule has 2 rings (SSSR count). The molecule has 0 aromatic heterocycles. The Morgan fingerprint density at radius 1 is 1.53 bits per heavy atom. The van der Waals surface area contributed by atoms with Gasteiger partial charge in [0.25, 0.3) is 0 Å². The molecule has 1 aromatic rings. The predicted octanol–water partition coefficient (Wildman–Crippen LogP) is 2.10. The molecule has 0 aliphatic carbocycles. The molecule has 19 heavy (non-hydrogen) atoms. The summed E-state index contributed by atoms with van der Waals surface area (Å²) in [5.74, 6) is -0.769. The van der Waals surface area contributed by atoms with E-state index in [9.17, 15) is 9.90 Å². The van der Waals surface area contributed by atoms with Crippen LogP contribution in [0.5, 0.6) is 0 Å². The van der Waals surface area contributed by atoms with Crippen molar-refractivity contribution >= 4 is 5.97 Å². The number of benzene rings is 1. The SMILES string of the molecule is CCC(C(=O)O)N(C)CC1OCCc2ccccc21. The van der Waals surface area contributed by atoms with Gasteiger partial charge in [0, 0.05) is 6.54 Å². The van der Waals surface area contributed by atoms with Crippen molar-refractivity contribution in [3.63, 3.8) is 0 Å². The van der Waals surface area contributed by atoms with Crippen molar-refractivity contribution in [3.05, 3.63) is 35.4 Å². The monoisotopic (exact) mass is 263 g/mol. The minimum absolute atomic E-state index is 0.0247. The van der Waals surface area contributed by atoms with E-state index in [0.29, 0.717) is 19.6 Å². The Balaban J connectivity index is 2.10. The second-order valence-corrected chi connectivity index (χ2v) is 5.01. The maximum Gasteiger partial charge on any atom is 0.320 e. The highest BCUT2D eigenvalue weighted by atomic mass is 16.5. The summed E-state index contributed by atoms with van der Waals surface area (Å²) < 4.78 is 5.81. The fourth-order valence-corrected chi connectivity index (χ4v) is 2.69. The number of likely N-dealkylation sites (N-methyl/N-ethyl adjacent to an activating group) is 1. The zero-order valence-electron chi connectivity index (χ0n) is 11.5. The number of hydrogen-bond acceptors (Lipinski definition) is 3. The minimum Gasteiger partial charge on any atom is -0.480 e. The van der Waals surface area contributed by atoms with E-state index in [1.807, 2.05) is 31.0 Å². The molecule has 1 N–H and O–H groups in total. The van der Waals surface area contributed by atoms with Gasteiger partial charge in [-0.2, -0.15) is 0 Å². The Morgan fingerprint density at radius 3 is 2.95 bits per heavy atom. The lowest BCUT2D eigenvalue weighted by Crippen LogP contribution is -2.41. The average Bonchev–Trinajstić information content (AvgIpc) is 2.39. The Labute approximate surface area is 114 Å². The van der Waals surface area contributed by atoms with Gasteiger partial charge >= 0.3 is 5.97 Å². The van der Waals surface area contributed by atoms with Gasteiger partial charge in [0.2, 0.25) is 0 Å². The van der Waals surface area contributed by atoms with Crippen molar-refractivity contribution in [1.82, 2.24) is 4.90 Å². The van der Waals surface area contributed by atoms with Crippen LogP contribution in [0.25, 0.3) is 0 Å². The molecule has 1 aromatic carbocycles. The molecule has 0 bridgehead atoms. The van der Waals surface area contributed by atoms with E-state index in [2.05, 4.69) is 12.1 Å². The average molecular weight is 263 g/mol. The van der Waals surface area contributed by atoms with E-state index >= 15 is 0 Å². The van der Waals surface area contributed by atoms with Crippen LogP contribution in [0.4, 0.5) is 0 Å². The van der Waals surface area contributed by atoms with Gasteiger partial charge in [-0.25, -0.2) is 0 Å². The molecule has 0 saturated heterocycles. The summed E-state index contributed by atoms with van der Waals surface area (Å²) in [6.45, 7) is 3.21. The van der Waals surface area contributed by atoms with Crippen molar-refractivity contribution in [1.29, 1.82) is 0 Å². The highest BCUT2D eigenvalue weighted by Gasteiger charge is 2.26. The summed E-state index contributed by atoms with van der Waals surface area (Å²) in [7, 11) is 1.85. The molecule has 0 fully saturated rings. The smallest absolute Gasteiger partial charge is 0.320 e. The third-order valence-corrected chi connectivity index (χ3v) is 3.75. The van der Waals surface area contributed by atoms with Crippen molar-refractivity contribution in [3.8, 4) is 0 Å². The summed E-state index contributed by atoms with van der Waals surface area (Å²) in [6.07, 6.45) is 1.51. The highest BCUT2D eigenvalue weighted by Crippen LogP contribution is 2.27. The van der Waals surface area contributed by atoms with E-state index in [0.717, 1.165) is 6.42 Å². The number of fused-ring (bicyclic) bond motifs is 1. The largest absolute Gasteiger partial charge is 0.480 e. The quantitative estimate of drug-likeness (QED) is 0.884. The number of aliphatic carboxylic acids is 1. The molecule has 4 heteroatoms. The van der Waals surface area contributed by atoms with Gasteiger partial charge in [-0.15, -0.1) is 0 Å². The van der Waals surface area contributed by atoms with Gasteiger partial charge in [-0.1, -0.05) is 31.2 Å². The third-order valence-electron chi connectivity index (χ3n) is 3.75. The maximum absolute atomic E-state index is 11.2. The van der Waals surface area contributed by atoms with Gasteiger partial charge in [0.1, 0.15) is 6.04 Å². The van der Waals surface area contributed by atoms with Gasteiger partial charge in [0.15, 0.2) is 0 Å². The molecule has 104 valence electrons. The van der Waals surface area contributed by atoms with E-state index in [1.54, 1.807) is 0 Å². The molecule has 2 atom stereocenters. The number of hydrogen-bond donors (Lipinski definition) is 1. The minimum atomic E-state index is -0.769. The van der Waals surface area contributed by atoms with Crippen molar-refractivity contribution < 1.29 is 14.6 Å². The number of carboxylic acid groups (broad SMARTS) is 1. The van der Waals surface area contributed by atoms with Crippen LogP contribution in [-0.4, -0.2) is 42.2 Å². The number of carboxylic acids is 1. The molecule has 2 unspecified atom stereocenters. The van der Waals surface area contributed by atoms with Crippen molar-refractivity contribution in [2.24, 2.45) is 0 Å². The van der Waals surface area contributed by atoms with Crippen LogP contribution in [0.1, 0.15) is 30.6 Å². The zero-order valence-corrected chi connectivity index (χ0v) is 11.5. The molecule has 4 nitrogen and oxygen atoms in total. The van der Waals surface area contributed by atoms with Gasteiger partial charge in [-0.05, 0) is 31.0 Å². The lowest BCUT2D eigenvalue weighted by atomic mass is 9.97. The molecule has 1 aliphatic heterocycles. The summed E-state index contributed by atoms with van der Waals surface area (Å²) in [4.78, 5) is 13.0. The fourth-order valence-electron chi connectivity index (χ4n) is 2.69. The second-order valence-electron chi connectivity index (χ2n) is 5.01. The first-order chi connectivity index (χ1) is 9.13. The van der Waals surface area contributed by atoms with E-state index in [4.69, 9.17) is 4.74 Å². The van der Waals surface area contributed by atoms with Crippen molar-refractivity contribution in [2.45, 2.75) is 31.9 Å². The first-order valence-corrected chi connectivity index (χ1v) is 6.76. The molecule has 0 radical (unpaired) electrons. The fraction of sp³-hybridized carbons (Fsp3) is 0.533. The Bertz CT molecular complexity index is 447. The molecular weight excluding hydrogens is 242 g/mol. The summed E-state index contributed by atoms with van der Waals surface area (Å²) >= 11 is 0. The first-order valence-electron chi connectivity index (χ1n) is 6.76. The molecule has 0 saturated carbocycles. The maximum atomic E-state index is 11.2. The first kappa shape index (κ1) is 14.0. The van der Waals surface area contributed by atoms with Gasteiger partial charge in [0.05, 0.1) is 12.7 Å². The summed E-state index contributed by atoms with van der Waals surface area (Å²) in [5, 5.41) is 9.19. The lowest BCUT2D eigenvalue weighted by Gasteiger charge is -2.32. The van der Waals surface area contributed by atoms with Crippen LogP contribution < -0.4 is 0 Å². The highest BCUT2D eigenvalue weighted by molar-refractivity contribution is 5.73. The van der Waals surface area contributed by atoms with Crippen LogP contribution in [0.3, 0.4) is 0 Å². The predicted molar refractivity (Wildman–Crippen MR) is 73.2 cm³/mol. The van der Waals surface area contributed by atoms with Gasteiger partial charge in [-0.3, -0.25) is 9.69 Å². The number of carbonyl (C=O) groups is 1. The molecular formula is C15H21NO3. The molecule has 0 amide bonds. The Hall–Kier alpha value is -1.39. The normalized spacial score (nSPS) is 20.1. The number of rotatable bonds is 5. The van der Waals surface area contributed by atoms with Gasteiger partial charge < -0.3 is 9.84 Å². The van der Waals surface area contributed by atoms with Crippen molar-refractivity contribution in [2.75, 3.05) is 20.2 Å². The molecule has 1 aliphatic rings. The van der Waals surface area contributed by atoms with E-state index in [1.165, 1.54) is 11.1 Å². The summed E-state index contributed by atoms with van der Waals surface area (Å²) in [5.41, 5.74) is 2.51. The standard InChI is InChI=1S/C15H21NO3/c1-3-13(15(17)18)16(2)10-14-12-7-5-4-6-11(12)8-9-19-14/h4-7,13-14H,3,8-10H2,1-2H3,(H,17,18). The third kappa shape index (κ3) is 3.14. The lowest BCUT2D eigenvalue weighted by molar-refractivity contribution is -0.143. The van der Waals surface area contributed by atoms with Crippen LogP contribution >= 0.6 is 0 Å². The zero-order chi connectivity index (χ0) is 13.8. The van der Waals surface area contributed by atoms with Crippen LogP contribution in [-0.2, 0) is 16.0 Å². The Morgan fingerprint density at radius 2 is 2.26 bits per heavy atom. The second kappa shape index (κ2) is 6.17. The number of ether oxygens (including phenoxy) is 1. The van der Waals surface area contributed by atoms with Crippen LogP contribution in [0.2, 0.25) is 0 Å². The van der Waals surface area contributed by atoms with E-state index < -0.39 is 12.0 Å². The topological polar surface area (TPSA) is 49.8 Å². The summed E-state index contributed by atoms with van der Waals surface area (Å²) in [6, 6.07) is 7.80. The number of nitrogens with zero attached hydrogens (tertiary/aromatic N) is 1. The Kier molecular flexibility index (Phi) is 4.56. The van der Waals surface area contributed by atoms with Crippen LogP contribution in [0.15, 0.2) is 24.3 Å². The molecule has 0 spiro atoms.